The van der Waals surface area contributed by atoms with Gasteiger partial charge in [-0.05, 0) is 31.0 Å². The van der Waals surface area contributed by atoms with Crippen LogP contribution in [0, 0.1) is 17.6 Å². The van der Waals surface area contributed by atoms with E-state index in [4.69, 9.17) is 4.74 Å². The molecule has 3 N–H and O–H groups in total. The fourth-order valence-corrected chi connectivity index (χ4v) is 4.30. The number of nitrogens with one attached hydrogen (secondary N) is 3. The third-order valence-corrected chi connectivity index (χ3v) is 5.99. The second-order valence-corrected chi connectivity index (χ2v) is 7.77. The average Bonchev–Trinajstić information content (AvgIpc) is 3.21. The third kappa shape index (κ3) is 4.52. The lowest BCUT2D eigenvalue weighted by Crippen LogP contribution is -2.44. The second-order valence-electron chi connectivity index (χ2n) is 7.77. The summed E-state index contributed by atoms with van der Waals surface area (Å²) in [5, 5.41) is 3.64. The number of para-hydroxylation sites is 1. The van der Waals surface area contributed by atoms with E-state index < -0.39 is 0 Å². The van der Waals surface area contributed by atoms with Gasteiger partial charge in [0, 0.05) is 49.8 Å². The Kier molecular flexibility index (Phi) is 6.28. The summed E-state index contributed by atoms with van der Waals surface area (Å²) < 4.78 is 33.6. The minimum Gasteiger partial charge on any atom is -0.497 e. The Bertz CT molecular complexity index is 826. The maximum Gasteiger partial charge on any atom is 0.146 e. The molecular weight excluding hydrogens is 374 g/mol. The summed E-state index contributed by atoms with van der Waals surface area (Å²) in [6, 6.07) is 12.3. The molecule has 0 aromatic heterocycles. The molecule has 0 bridgehead atoms. The molecule has 2 unspecified atom stereocenters. The van der Waals surface area contributed by atoms with Crippen molar-refractivity contribution < 1.29 is 13.5 Å². The van der Waals surface area contributed by atoms with E-state index in [1.54, 1.807) is 18.2 Å². The predicted octanol–water partition coefficient (Wildman–Crippen LogP) is 3.00. The number of halogens is 2. The molecule has 0 aliphatic carbocycles. The summed E-state index contributed by atoms with van der Waals surface area (Å²) in [7, 11) is 1.54. The van der Waals surface area contributed by atoms with Crippen LogP contribution in [0.15, 0.2) is 42.5 Å². The first-order chi connectivity index (χ1) is 14.2. The fourth-order valence-electron chi connectivity index (χ4n) is 4.30. The number of hydrogen-bond donors (Lipinski definition) is 3. The number of ether oxygens (including phenoxy) is 1. The highest BCUT2D eigenvalue weighted by Gasteiger charge is 2.31. The van der Waals surface area contributed by atoms with Crippen LogP contribution in [0.5, 0.6) is 5.75 Å². The van der Waals surface area contributed by atoms with Gasteiger partial charge >= 0.3 is 0 Å². The molecule has 0 amide bonds. The Morgan fingerprint density at radius 1 is 1.10 bits per heavy atom. The molecule has 156 valence electrons. The predicted molar refractivity (Wildman–Crippen MR) is 110 cm³/mol. The largest absolute Gasteiger partial charge is 0.497 e. The van der Waals surface area contributed by atoms with Gasteiger partial charge in [-0.2, -0.15) is 0 Å². The highest BCUT2D eigenvalue weighted by atomic mass is 19.1. The van der Waals surface area contributed by atoms with Crippen molar-refractivity contribution in [2.24, 2.45) is 5.92 Å². The van der Waals surface area contributed by atoms with Crippen LogP contribution in [0.25, 0.3) is 0 Å². The number of methoxy groups -OCH3 is 1. The van der Waals surface area contributed by atoms with E-state index in [0.29, 0.717) is 23.0 Å². The van der Waals surface area contributed by atoms with Gasteiger partial charge in [0.25, 0.3) is 0 Å². The van der Waals surface area contributed by atoms with E-state index >= 15 is 0 Å². The van der Waals surface area contributed by atoms with E-state index in [2.05, 4.69) is 21.1 Å². The molecule has 2 aromatic carbocycles. The van der Waals surface area contributed by atoms with Crippen LogP contribution >= 0.6 is 0 Å². The van der Waals surface area contributed by atoms with Crippen LogP contribution in [0.3, 0.4) is 0 Å². The SMILES string of the molecule is COc1ccc(C2NNCC2CNC2CCN(c3ccccc3F)CC2)c(F)c1. The first-order valence-corrected chi connectivity index (χ1v) is 10.2. The summed E-state index contributed by atoms with van der Waals surface area (Å²) in [5.41, 5.74) is 7.70. The summed E-state index contributed by atoms with van der Waals surface area (Å²) in [5.74, 6) is 0.344. The van der Waals surface area contributed by atoms with Crippen LogP contribution < -0.4 is 25.8 Å². The van der Waals surface area contributed by atoms with Gasteiger partial charge in [0.1, 0.15) is 17.4 Å². The van der Waals surface area contributed by atoms with Gasteiger partial charge in [-0.15, -0.1) is 0 Å². The van der Waals surface area contributed by atoms with Crippen molar-refractivity contribution in [3.63, 3.8) is 0 Å². The van der Waals surface area contributed by atoms with Crippen molar-refractivity contribution in [3.05, 3.63) is 59.7 Å². The van der Waals surface area contributed by atoms with E-state index in [9.17, 15) is 8.78 Å². The van der Waals surface area contributed by atoms with Gasteiger partial charge in [0.2, 0.25) is 0 Å². The molecule has 7 heteroatoms. The number of rotatable bonds is 6. The standard InChI is InChI=1S/C22H28F2N4O/c1-29-17-6-7-18(20(24)12-17)22-15(14-26-27-22)13-25-16-8-10-28(11-9-16)21-5-3-2-4-19(21)23/h2-7,12,15-16,22,25-27H,8-11,13-14H2,1H3. The lowest BCUT2D eigenvalue weighted by Gasteiger charge is -2.35. The summed E-state index contributed by atoms with van der Waals surface area (Å²) in [6.45, 7) is 3.23. The molecule has 2 fully saturated rings. The molecule has 2 aliphatic rings. The first kappa shape index (κ1) is 20.1. The molecule has 29 heavy (non-hydrogen) atoms. The average molecular weight is 402 g/mol. The topological polar surface area (TPSA) is 48.6 Å². The van der Waals surface area contributed by atoms with Crippen LogP contribution in [0.1, 0.15) is 24.4 Å². The summed E-state index contributed by atoms with van der Waals surface area (Å²) in [4.78, 5) is 2.11. The van der Waals surface area contributed by atoms with Gasteiger partial charge in [-0.1, -0.05) is 18.2 Å². The number of hydrazine groups is 1. The smallest absolute Gasteiger partial charge is 0.146 e. The molecule has 2 saturated heterocycles. The van der Waals surface area contributed by atoms with Crippen LogP contribution in [0.2, 0.25) is 0 Å². The molecule has 0 radical (unpaired) electrons. The fraction of sp³-hybridized carbons (Fsp3) is 0.455. The zero-order valence-electron chi connectivity index (χ0n) is 16.6. The molecule has 0 saturated carbocycles. The molecule has 2 heterocycles. The van der Waals surface area contributed by atoms with Crippen molar-refractivity contribution >= 4 is 5.69 Å². The summed E-state index contributed by atoms with van der Waals surface area (Å²) in [6.07, 6.45) is 1.92. The van der Waals surface area contributed by atoms with E-state index in [0.717, 1.165) is 39.0 Å². The molecule has 2 aromatic rings. The van der Waals surface area contributed by atoms with Crippen LogP contribution in [-0.2, 0) is 0 Å². The van der Waals surface area contributed by atoms with Crippen molar-refractivity contribution in [1.29, 1.82) is 0 Å². The second kappa shape index (κ2) is 9.07. The van der Waals surface area contributed by atoms with Crippen molar-refractivity contribution in [2.45, 2.75) is 24.9 Å². The van der Waals surface area contributed by atoms with Crippen molar-refractivity contribution in [3.8, 4) is 5.75 Å². The van der Waals surface area contributed by atoms with E-state index in [1.807, 2.05) is 12.1 Å². The number of nitrogens with zero attached hydrogens (tertiary/aromatic N) is 1. The Balaban J connectivity index is 1.31. The van der Waals surface area contributed by atoms with Gasteiger partial charge < -0.3 is 15.0 Å². The normalized spacial score (nSPS) is 22.8. The van der Waals surface area contributed by atoms with Gasteiger partial charge in [-0.3, -0.25) is 5.43 Å². The Morgan fingerprint density at radius 2 is 1.90 bits per heavy atom. The molecule has 4 rings (SSSR count). The van der Waals surface area contributed by atoms with E-state index in [1.165, 1.54) is 19.2 Å². The zero-order valence-corrected chi connectivity index (χ0v) is 16.6. The lowest BCUT2D eigenvalue weighted by atomic mass is 9.93. The molecular formula is C22H28F2N4O. The van der Waals surface area contributed by atoms with Gasteiger partial charge in [-0.25, -0.2) is 14.2 Å². The van der Waals surface area contributed by atoms with Crippen LogP contribution in [0.4, 0.5) is 14.5 Å². The zero-order chi connectivity index (χ0) is 20.2. The maximum atomic E-state index is 14.5. The number of anilines is 1. The van der Waals surface area contributed by atoms with Crippen molar-refractivity contribution in [1.82, 2.24) is 16.2 Å². The first-order valence-electron chi connectivity index (χ1n) is 10.2. The monoisotopic (exact) mass is 402 g/mol. The number of hydrogen-bond acceptors (Lipinski definition) is 5. The van der Waals surface area contributed by atoms with Crippen LogP contribution in [-0.4, -0.2) is 39.3 Å². The number of benzene rings is 2. The van der Waals surface area contributed by atoms with E-state index in [-0.39, 0.29) is 23.6 Å². The minimum atomic E-state index is -0.256. The van der Waals surface area contributed by atoms with Gasteiger partial charge in [0.15, 0.2) is 0 Å². The molecule has 5 nitrogen and oxygen atoms in total. The van der Waals surface area contributed by atoms with Gasteiger partial charge in [0.05, 0.1) is 18.8 Å². The lowest BCUT2D eigenvalue weighted by molar-refractivity contribution is 0.359. The quantitative estimate of drug-likeness (QED) is 0.694. The Labute approximate surface area is 170 Å². The highest BCUT2D eigenvalue weighted by molar-refractivity contribution is 5.47. The number of piperidine rings is 1. The third-order valence-electron chi connectivity index (χ3n) is 5.99. The summed E-state index contributed by atoms with van der Waals surface area (Å²) >= 11 is 0. The molecule has 2 atom stereocenters. The Hall–Kier alpha value is -2.22. The highest BCUT2D eigenvalue weighted by Crippen LogP contribution is 2.29. The van der Waals surface area contributed by atoms with Crippen molar-refractivity contribution in [2.75, 3.05) is 38.2 Å². The Morgan fingerprint density at radius 3 is 2.62 bits per heavy atom. The minimum absolute atomic E-state index is 0.0908. The molecule has 2 aliphatic heterocycles. The molecule has 0 spiro atoms. The maximum absolute atomic E-state index is 14.5.